The molecule has 0 fully saturated rings. The summed E-state index contributed by atoms with van der Waals surface area (Å²) in [5.74, 6) is 1.04. The molecule has 1 aromatic carbocycles. The van der Waals surface area contributed by atoms with Crippen molar-refractivity contribution in [2.45, 2.75) is 26.7 Å². The van der Waals surface area contributed by atoms with Crippen LogP contribution in [0.3, 0.4) is 0 Å². The average Bonchev–Trinajstić information content (AvgIpc) is 2.88. The molecular weight excluding hydrogens is 258 g/mol. The van der Waals surface area contributed by atoms with E-state index in [1.165, 1.54) is 0 Å². The van der Waals surface area contributed by atoms with Gasteiger partial charge < -0.3 is 9.26 Å². The van der Waals surface area contributed by atoms with Crippen LogP contribution >= 0.6 is 0 Å². The molecule has 0 aliphatic rings. The topological polar surface area (TPSA) is 77.2 Å². The van der Waals surface area contributed by atoms with Gasteiger partial charge in [-0.3, -0.25) is 10.1 Å². The SMILES string of the molecule is CCOc1cccc(C(=O)Nc2nc(C(C)C)no2)c1. The molecule has 0 bridgehead atoms. The summed E-state index contributed by atoms with van der Waals surface area (Å²) in [5, 5.41) is 6.35. The maximum absolute atomic E-state index is 12.1. The van der Waals surface area contributed by atoms with Crippen molar-refractivity contribution in [3.8, 4) is 5.75 Å². The van der Waals surface area contributed by atoms with Gasteiger partial charge in [0, 0.05) is 11.5 Å². The fourth-order valence-electron chi connectivity index (χ4n) is 1.58. The molecule has 0 spiro atoms. The summed E-state index contributed by atoms with van der Waals surface area (Å²) in [5.41, 5.74) is 0.472. The van der Waals surface area contributed by atoms with Crippen molar-refractivity contribution in [3.05, 3.63) is 35.7 Å². The van der Waals surface area contributed by atoms with Crippen molar-refractivity contribution in [1.82, 2.24) is 10.1 Å². The van der Waals surface area contributed by atoms with Gasteiger partial charge in [-0.15, -0.1) is 0 Å². The van der Waals surface area contributed by atoms with Crippen LogP contribution in [0.2, 0.25) is 0 Å². The van der Waals surface area contributed by atoms with E-state index in [9.17, 15) is 4.79 Å². The molecule has 106 valence electrons. The van der Waals surface area contributed by atoms with E-state index in [-0.39, 0.29) is 17.8 Å². The fourth-order valence-corrected chi connectivity index (χ4v) is 1.58. The first-order valence-corrected chi connectivity index (χ1v) is 6.48. The van der Waals surface area contributed by atoms with Gasteiger partial charge >= 0.3 is 6.01 Å². The summed E-state index contributed by atoms with van der Waals surface area (Å²) in [4.78, 5) is 16.1. The Hall–Kier alpha value is -2.37. The number of hydrogen-bond acceptors (Lipinski definition) is 5. The van der Waals surface area contributed by atoms with E-state index in [1.54, 1.807) is 24.3 Å². The van der Waals surface area contributed by atoms with E-state index >= 15 is 0 Å². The Kier molecular flexibility index (Phi) is 4.34. The van der Waals surface area contributed by atoms with Crippen LogP contribution in [-0.4, -0.2) is 22.7 Å². The number of carbonyl (C=O) groups is 1. The van der Waals surface area contributed by atoms with Crippen LogP contribution < -0.4 is 10.1 Å². The van der Waals surface area contributed by atoms with Gasteiger partial charge in [-0.25, -0.2) is 0 Å². The maximum Gasteiger partial charge on any atom is 0.328 e. The monoisotopic (exact) mass is 275 g/mol. The Morgan fingerprint density at radius 1 is 1.45 bits per heavy atom. The highest BCUT2D eigenvalue weighted by atomic mass is 16.5. The smallest absolute Gasteiger partial charge is 0.328 e. The number of hydrogen-bond donors (Lipinski definition) is 1. The second-order valence-corrected chi connectivity index (χ2v) is 4.53. The van der Waals surface area contributed by atoms with Gasteiger partial charge in [0.25, 0.3) is 5.91 Å². The molecule has 0 radical (unpaired) electrons. The summed E-state index contributed by atoms with van der Waals surface area (Å²) >= 11 is 0. The molecule has 6 nitrogen and oxygen atoms in total. The number of carbonyl (C=O) groups excluding carboxylic acids is 1. The third kappa shape index (κ3) is 3.34. The average molecular weight is 275 g/mol. The van der Waals surface area contributed by atoms with Gasteiger partial charge in [-0.2, -0.15) is 4.98 Å². The van der Waals surface area contributed by atoms with Gasteiger partial charge in [0.15, 0.2) is 5.82 Å². The second-order valence-electron chi connectivity index (χ2n) is 4.53. The lowest BCUT2D eigenvalue weighted by atomic mass is 10.2. The maximum atomic E-state index is 12.1. The van der Waals surface area contributed by atoms with E-state index in [0.717, 1.165) is 0 Å². The first-order valence-electron chi connectivity index (χ1n) is 6.48. The standard InChI is InChI=1S/C14H17N3O3/c1-4-19-11-7-5-6-10(8-11)13(18)16-14-15-12(9(2)3)17-20-14/h5-9H,4H2,1-3H3,(H,15,16,17,18). The van der Waals surface area contributed by atoms with E-state index in [4.69, 9.17) is 9.26 Å². The lowest BCUT2D eigenvalue weighted by molar-refractivity contribution is 0.102. The van der Waals surface area contributed by atoms with Crippen LogP contribution in [0.4, 0.5) is 6.01 Å². The Morgan fingerprint density at radius 3 is 2.90 bits per heavy atom. The molecule has 0 saturated heterocycles. The number of nitrogens with one attached hydrogen (secondary N) is 1. The third-order valence-electron chi connectivity index (χ3n) is 2.59. The molecular formula is C14H17N3O3. The first-order chi connectivity index (χ1) is 9.60. The Balaban J connectivity index is 2.09. The van der Waals surface area contributed by atoms with Crippen molar-refractivity contribution >= 4 is 11.9 Å². The second kappa shape index (κ2) is 6.18. The Labute approximate surface area is 117 Å². The zero-order valence-electron chi connectivity index (χ0n) is 11.7. The van der Waals surface area contributed by atoms with Crippen LogP contribution in [-0.2, 0) is 0 Å². The molecule has 0 saturated carbocycles. The summed E-state index contributed by atoms with van der Waals surface area (Å²) in [6, 6.07) is 7.01. The highest BCUT2D eigenvalue weighted by molar-refractivity contribution is 6.03. The zero-order chi connectivity index (χ0) is 14.5. The molecule has 1 N–H and O–H groups in total. The summed E-state index contributed by atoms with van der Waals surface area (Å²) in [6.45, 7) is 6.33. The Bertz CT molecular complexity index is 593. The number of anilines is 1. The molecule has 1 aromatic heterocycles. The predicted molar refractivity (Wildman–Crippen MR) is 74.0 cm³/mol. The van der Waals surface area contributed by atoms with Gasteiger partial charge in [-0.05, 0) is 25.1 Å². The third-order valence-corrected chi connectivity index (χ3v) is 2.59. The minimum absolute atomic E-state index is 0.0977. The molecule has 1 heterocycles. The van der Waals surface area contributed by atoms with E-state index in [2.05, 4.69) is 15.5 Å². The van der Waals surface area contributed by atoms with Crippen LogP contribution in [0.25, 0.3) is 0 Å². The normalized spacial score (nSPS) is 10.6. The predicted octanol–water partition coefficient (Wildman–Crippen LogP) is 2.84. The lowest BCUT2D eigenvalue weighted by Gasteiger charge is -2.05. The van der Waals surface area contributed by atoms with E-state index < -0.39 is 0 Å². The van der Waals surface area contributed by atoms with Crippen molar-refractivity contribution in [2.24, 2.45) is 0 Å². The van der Waals surface area contributed by atoms with Gasteiger partial charge in [0.2, 0.25) is 0 Å². The van der Waals surface area contributed by atoms with Crippen LogP contribution in [0.5, 0.6) is 5.75 Å². The highest BCUT2D eigenvalue weighted by Crippen LogP contribution is 2.16. The number of rotatable bonds is 5. The molecule has 2 aromatic rings. The first kappa shape index (κ1) is 14.0. The zero-order valence-corrected chi connectivity index (χ0v) is 11.7. The van der Waals surface area contributed by atoms with E-state index in [1.807, 2.05) is 20.8 Å². The van der Waals surface area contributed by atoms with Crippen LogP contribution in [0, 0.1) is 0 Å². The number of benzene rings is 1. The number of ether oxygens (including phenoxy) is 1. The molecule has 1 amide bonds. The van der Waals surface area contributed by atoms with Crippen LogP contribution in [0.15, 0.2) is 28.8 Å². The number of nitrogens with zero attached hydrogens (tertiary/aromatic N) is 2. The van der Waals surface area contributed by atoms with Crippen molar-refractivity contribution in [2.75, 3.05) is 11.9 Å². The number of amides is 1. The quantitative estimate of drug-likeness (QED) is 0.907. The van der Waals surface area contributed by atoms with Gasteiger partial charge in [0.05, 0.1) is 6.61 Å². The largest absolute Gasteiger partial charge is 0.494 e. The molecule has 20 heavy (non-hydrogen) atoms. The van der Waals surface area contributed by atoms with Crippen LogP contribution in [0.1, 0.15) is 42.9 Å². The molecule has 2 rings (SSSR count). The van der Waals surface area contributed by atoms with Gasteiger partial charge in [-0.1, -0.05) is 25.1 Å². The highest BCUT2D eigenvalue weighted by Gasteiger charge is 2.13. The van der Waals surface area contributed by atoms with Crippen molar-refractivity contribution in [1.29, 1.82) is 0 Å². The summed E-state index contributed by atoms with van der Waals surface area (Å²) in [6.07, 6.45) is 0. The van der Waals surface area contributed by atoms with Crippen molar-refractivity contribution < 1.29 is 14.1 Å². The Morgan fingerprint density at radius 2 is 2.25 bits per heavy atom. The fraction of sp³-hybridized carbons (Fsp3) is 0.357. The van der Waals surface area contributed by atoms with Gasteiger partial charge in [0.1, 0.15) is 5.75 Å². The molecule has 0 aliphatic carbocycles. The minimum atomic E-state index is -0.314. The van der Waals surface area contributed by atoms with E-state index in [0.29, 0.717) is 23.7 Å². The minimum Gasteiger partial charge on any atom is -0.494 e. The number of aromatic nitrogens is 2. The molecule has 0 aliphatic heterocycles. The molecule has 6 heteroatoms. The summed E-state index contributed by atoms with van der Waals surface area (Å²) in [7, 11) is 0. The molecule has 0 unspecified atom stereocenters. The summed E-state index contributed by atoms with van der Waals surface area (Å²) < 4.78 is 10.3. The lowest BCUT2D eigenvalue weighted by Crippen LogP contribution is -2.12. The van der Waals surface area contributed by atoms with Crippen molar-refractivity contribution in [3.63, 3.8) is 0 Å². The molecule has 0 atom stereocenters.